The molecule has 2 heterocycles. The highest BCUT2D eigenvalue weighted by molar-refractivity contribution is 8.00. The van der Waals surface area contributed by atoms with Gasteiger partial charge in [0.05, 0.1) is 6.61 Å². The van der Waals surface area contributed by atoms with Crippen LogP contribution in [0.1, 0.15) is 23.6 Å². The zero-order valence-corrected chi connectivity index (χ0v) is 11.9. The van der Waals surface area contributed by atoms with Gasteiger partial charge in [0.2, 0.25) is 5.01 Å². The van der Waals surface area contributed by atoms with Crippen LogP contribution >= 0.6 is 23.1 Å². The fourth-order valence-corrected chi connectivity index (χ4v) is 3.01. The minimum atomic E-state index is -0.498. The fourth-order valence-electron chi connectivity index (χ4n) is 1.26. The summed E-state index contributed by atoms with van der Waals surface area (Å²) in [4.78, 5) is 22.8. The van der Waals surface area contributed by atoms with Gasteiger partial charge in [-0.2, -0.15) is 0 Å². The molecule has 10 heteroatoms. The van der Waals surface area contributed by atoms with E-state index in [9.17, 15) is 9.59 Å². The molecule has 1 N–H and O–H groups in total. The predicted molar refractivity (Wildman–Crippen MR) is 68.5 cm³/mol. The summed E-state index contributed by atoms with van der Waals surface area (Å²) in [6.45, 7) is 4.35. The van der Waals surface area contributed by atoms with Crippen LogP contribution < -0.4 is 5.69 Å². The monoisotopic (exact) mass is 301 g/mol. The Kier molecular flexibility index (Phi) is 4.32. The number of esters is 1. The summed E-state index contributed by atoms with van der Waals surface area (Å²) in [5, 5.41) is 14.5. The maximum absolute atomic E-state index is 11.4. The van der Waals surface area contributed by atoms with Gasteiger partial charge in [0.15, 0.2) is 9.50 Å². The fraction of sp³-hybridized carbons (Fsp3) is 0.444. The SMILES string of the molecule is CCOC(=O)c1nnc(Sc2n[nH]c(=O)n2CC)s1. The lowest BCUT2D eigenvalue weighted by molar-refractivity contribution is 0.0525. The summed E-state index contributed by atoms with van der Waals surface area (Å²) < 4.78 is 6.82. The summed E-state index contributed by atoms with van der Waals surface area (Å²) in [6.07, 6.45) is 0. The zero-order valence-electron chi connectivity index (χ0n) is 10.2. The second-order valence-electron chi connectivity index (χ2n) is 3.25. The van der Waals surface area contributed by atoms with E-state index in [1.54, 1.807) is 6.92 Å². The van der Waals surface area contributed by atoms with E-state index in [-0.39, 0.29) is 17.3 Å². The van der Waals surface area contributed by atoms with Gasteiger partial charge < -0.3 is 4.74 Å². The van der Waals surface area contributed by atoms with Crippen LogP contribution in [-0.2, 0) is 11.3 Å². The number of carbonyl (C=O) groups is 1. The van der Waals surface area contributed by atoms with Gasteiger partial charge in [-0.25, -0.2) is 14.7 Å². The van der Waals surface area contributed by atoms with Crippen molar-refractivity contribution in [2.24, 2.45) is 0 Å². The van der Waals surface area contributed by atoms with Crippen LogP contribution in [0, 0.1) is 0 Å². The third-order valence-electron chi connectivity index (χ3n) is 2.07. The molecule has 0 bridgehead atoms. The third kappa shape index (κ3) is 3.01. The Balaban J connectivity index is 2.16. The largest absolute Gasteiger partial charge is 0.461 e. The molecule has 0 aliphatic carbocycles. The molecule has 0 amide bonds. The molecule has 0 radical (unpaired) electrons. The molecular weight excluding hydrogens is 290 g/mol. The average Bonchev–Trinajstić information content (AvgIpc) is 2.98. The van der Waals surface area contributed by atoms with Crippen LogP contribution in [0.4, 0.5) is 0 Å². The molecule has 0 aliphatic rings. The number of H-pyrrole nitrogens is 1. The van der Waals surface area contributed by atoms with Crippen molar-refractivity contribution in [3.8, 4) is 0 Å². The number of aromatic amines is 1. The van der Waals surface area contributed by atoms with Crippen molar-refractivity contribution >= 4 is 29.1 Å². The molecule has 2 aromatic rings. The Bertz CT molecular complexity index is 632. The van der Waals surface area contributed by atoms with Crippen LogP contribution in [0.5, 0.6) is 0 Å². The standard InChI is InChI=1S/C9H11N5O3S2/c1-3-14-7(16)11-12-8(14)19-9-13-10-5(18-9)6(15)17-4-2/h3-4H2,1-2H3,(H,11,16). The number of rotatable bonds is 5. The highest BCUT2D eigenvalue weighted by atomic mass is 32.2. The average molecular weight is 301 g/mol. The molecule has 2 rings (SSSR count). The van der Waals surface area contributed by atoms with Crippen molar-refractivity contribution in [2.45, 2.75) is 29.9 Å². The van der Waals surface area contributed by atoms with E-state index in [1.165, 1.54) is 16.3 Å². The lowest BCUT2D eigenvalue weighted by Gasteiger charge is -1.97. The molecule has 0 fully saturated rings. The first-order valence-corrected chi connectivity index (χ1v) is 7.12. The Morgan fingerprint density at radius 3 is 2.95 bits per heavy atom. The van der Waals surface area contributed by atoms with E-state index in [4.69, 9.17) is 4.74 Å². The molecule has 0 spiro atoms. The molecule has 19 heavy (non-hydrogen) atoms. The van der Waals surface area contributed by atoms with E-state index in [1.807, 2.05) is 6.92 Å². The van der Waals surface area contributed by atoms with E-state index < -0.39 is 5.97 Å². The normalized spacial score (nSPS) is 10.6. The minimum Gasteiger partial charge on any atom is -0.461 e. The predicted octanol–water partition coefficient (Wildman–Crippen LogP) is 0.771. The summed E-state index contributed by atoms with van der Waals surface area (Å²) in [6, 6.07) is 0. The van der Waals surface area contributed by atoms with Crippen LogP contribution in [0.3, 0.4) is 0 Å². The van der Waals surface area contributed by atoms with Crippen molar-refractivity contribution in [1.82, 2.24) is 25.0 Å². The first-order valence-electron chi connectivity index (χ1n) is 5.49. The maximum atomic E-state index is 11.4. The van der Waals surface area contributed by atoms with Crippen LogP contribution in [-0.4, -0.2) is 37.5 Å². The van der Waals surface area contributed by atoms with Gasteiger partial charge in [0.25, 0.3) is 0 Å². The molecular formula is C9H11N5O3S2. The van der Waals surface area contributed by atoms with Crippen LogP contribution in [0.25, 0.3) is 0 Å². The van der Waals surface area contributed by atoms with Crippen molar-refractivity contribution in [3.05, 3.63) is 15.5 Å². The molecule has 0 unspecified atom stereocenters. The number of nitrogens with zero attached hydrogens (tertiary/aromatic N) is 4. The van der Waals surface area contributed by atoms with E-state index >= 15 is 0 Å². The topological polar surface area (TPSA) is 103 Å². The molecule has 102 valence electrons. The Labute approximate surface area is 116 Å². The zero-order chi connectivity index (χ0) is 13.8. The lowest BCUT2D eigenvalue weighted by atomic mass is 10.7. The summed E-state index contributed by atoms with van der Waals surface area (Å²) in [5.41, 5.74) is -0.278. The number of carbonyl (C=O) groups excluding carboxylic acids is 1. The molecule has 2 aromatic heterocycles. The highest BCUT2D eigenvalue weighted by Crippen LogP contribution is 2.28. The maximum Gasteiger partial charge on any atom is 0.369 e. The smallest absolute Gasteiger partial charge is 0.369 e. The van der Waals surface area contributed by atoms with E-state index in [0.29, 0.717) is 16.0 Å². The van der Waals surface area contributed by atoms with E-state index in [0.717, 1.165) is 11.3 Å². The third-order valence-corrected chi connectivity index (χ3v) is 4.02. The van der Waals surface area contributed by atoms with Gasteiger partial charge in [-0.15, -0.1) is 15.3 Å². The highest BCUT2D eigenvalue weighted by Gasteiger charge is 2.16. The van der Waals surface area contributed by atoms with Crippen LogP contribution in [0.2, 0.25) is 0 Å². The number of aromatic nitrogens is 5. The molecule has 8 nitrogen and oxygen atoms in total. The summed E-state index contributed by atoms with van der Waals surface area (Å²) in [5.74, 6) is -0.498. The van der Waals surface area contributed by atoms with Gasteiger partial charge in [-0.1, -0.05) is 11.3 Å². The Morgan fingerprint density at radius 2 is 2.26 bits per heavy atom. The van der Waals surface area contributed by atoms with Gasteiger partial charge >= 0.3 is 11.7 Å². The van der Waals surface area contributed by atoms with Gasteiger partial charge in [0.1, 0.15) is 0 Å². The first kappa shape index (κ1) is 13.7. The number of hydrogen-bond acceptors (Lipinski definition) is 8. The minimum absolute atomic E-state index is 0.185. The van der Waals surface area contributed by atoms with E-state index in [2.05, 4.69) is 20.4 Å². The van der Waals surface area contributed by atoms with Crippen molar-refractivity contribution in [3.63, 3.8) is 0 Å². The second-order valence-corrected chi connectivity index (χ2v) is 5.44. The summed E-state index contributed by atoms with van der Waals surface area (Å²) in [7, 11) is 0. The Morgan fingerprint density at radius 1 is 1.47 bits per heavy atom. The van der Waals surface area contributed by atoms with Crippen molar-refractivity contribution in [2.75, 3.05) is 6.61 Å². The van der Waals surface area contributed by atoms with Crippen LogP contribution in [0.15, 0.2) is 14.3 Å². The molecule has 0 aromatic carbocycles. The molecule has 0 atom stereocenters. The van der Waals surface area contributed by atoms with Crippen molar-refractivity contribution in [1.29, 1.82) is 0 Å². The number of ether oxygens (including phenoxy) is 1. The summed E-state index contributed by atoms with van der Waals surface area (Å²) >= 11 is 2.27. The molecule has 0 aliphatic heterocycles. The van der Waals surface area contributed by atoms with Gasteiger partial charge in [-0.3, -0.25) is 4.57 Å². The molecule has 0 saturated carbocycles. The molecule has 0 saturated heterocycles. The first-order chi connectivity index (χ1) is 9.15. The lowest BCUT2D eigenvalue weighted by Crippen LogP contribution is -2.15. The second kappa shape index (κ2) is 5.97. The van der Waals surface area contributed by atoms with Gasteiger partial charge in [-0.05, 0) is 25.6 Å². The van der Waals surface area contributed by atoms with Gasteiger partial charge in [0, 0.05) is 6.54 Å². The quantitative estimate of drug-likeness (QED) is 0.813. The number of hydrogen-bond donors (Lipinski definition) is 1. The van der Waals surface area contributed by atoms with Crippen molar-refractivity contribution < 1.29 is 9.53 Å². The number of nitrogens with one attached hydrogen (secondary N) is 1. The Hall–Kier alpha value is -1.68.